The lowest BCUT2D eigenvalue weighted by Crippen LogP contribution is -2.47. The Kier molecular flexibility index (Phi) is 5.63. The van der Waals surface area contributed by atoms with Crippen LogP contribution in [-0.4, -0.2) is 57.5 Å². The lowest BCUT2D eigenvalue weighted by Gasteiger charge is -2.33. The van der Waals surface area contributed by atoms with Gasteiger partial charge in [0.05, 0.1) is 12.4 Å². The van der Waals surface area contributed by atoms with Crippen LogP contribution in [0.15, 0.2) is 6.33 Å². The molecule has 2 aromatic rings. The van der Waals surface area contributed by atoms with Gasteiger partial charge in [-0.05, 0) is 26.9 Å². The Labute approximate surface area is 152 Å². The monoisotopic (exact) mass is 356 g/mol. The highest BCUT2D eigenvalue weighted by Gasteiger charge is 2.26. The van der Waals surface area contributed by atoms with E-state index < -0.39 is 0 Å². The summed E-state index contributed by atoms with van der Waals surface area (Å²) in [4.78, 5) is 26.5. The Morgan fingerprint density at radius 1 is 1.35 bits per heavy atom. The van der Waals surface area contributed by atoms with E-state index in [1.165, 1.54) is 6.42 Å². The van der Waals surface area contributed by atoms with Crippen molar-refractivity contribution in [2.75, 3.05) is 25.6 Å². The van der Waals surface area contributed by atoms with Crippen LogP contribution in [0.1, 0.15) is 37.9 Å². The van der Waals surface area contributed by atoms with E-state index in [0.717, 1.165) is 32.2 Å². The maximum Gasteiger partial charge on any atom is 0.236 e. The van der Waals surface area contributed by atoms with Gasteiger partial charge >= 0.3 is 0 Å². The molecule has 0 aromatic carbocycles. The van der Waals surface area contributed by atoms with Crippen molar-refractivity contribution in [2.24, 2.45) is 0 Å². The topological polar surface area (TPSA) is 103 Å². The molecule has 9 heteroatoms. The molecule has 2 heterocycles. The maximum absolute atomic E-state index is 11.2. The number of nitrogens with one attached hydrogen (secondary N) is 1. The predicted octanol–water partition coefficient (Wildman–Crippen LogP) is 1.06. The summed E-state index contributed by atoms with van der Waals surface area (Å²) in [5.74, 6) is 0.571. The molecule has 0 atom stereocenters. The van der Waals surface area contributed by atoms with Gasteiger partial charge in [-0.1, -0.05) is 19.3 Å². The molecule has 0 bridgehead atoms. The molecule has 1 amide bonds. The van der Waals surface area contributed by atoms with Gasteiger partial charge in [0.25, 0.3) is 0 Å². The highest BCUT2D eigenvalue weighted by atomic mass is 16.1. The number of rotatable bonds is 7. The van der Waals surface area contributed by atoms with Gasteiger partial charge in [0, 0.05) is 13.1 Å². The average Bonchev–Trinajstić information content (AvgIpc) is 3.07. The molecule has 0 unspecified atom stereocenters. The summed E-state index contributed by atoms with van der Waals surface area (Å²) < 4.78 is 1.92. The quantitative estimate of drug-likeness (QED) is 0.584. The van der Waals surface area contributed by atoms with E-state index >= 15 is 0 Å². The van der Waals surface area contributed by atoms with E-state index in [-0.39, 0.29) is 11.9 Å². The SMILES string of the molecule is CN(C)CCn1cnc2c(N(NC=O)C3CCCCC3)nc(C#N)nc21. The first-order valence-corrected chi connectivity index (χ1v) is 8.90. The summed E-state index contributed by atoms with van der Waals surface area (Å²) in [7, 11) is 4.00. The van der Waals surface area contributed by atoms with Gasteiger partial charge in [-0.15, -0.1) is 0 Å². The van der Waals surface area contributed by atoms with Crippen LogP contribution in [0.4, 0.5) is 5.82 Å². The fourth-order valence-corrected chi connectivity index (χ4v) is 3.35. The highest BCUT2D eigenvalue weighted by Crippen LogP contribution is 2.28. The summed E-state index contributed by atoms with van der Waals surface area (Å²) in [6.07, 6.45) is 7.72. The smallest absolute Gasteiger partial charge is 0.236 e. The third-order valence-electron chi connectivity index (χ3n) is 4.69. The number of nitriles is 1. The molecule has 0 radical (unpaired) electrons. The summed E-state index contributed by atoms with van der Waals surface area (Å²) in [5.41, 5.74) is 3.98. The van der Waals surface area contributed by atoms with Gasteiger partial charge in [0.1, 0.15) is 6.07 Å². The van der Waals surface area contributed by atoms with Gasteiger partial charge in [0.15, 0.2) is 17.0 Å². The number of anilines is 1. The molecule has 1 fully saturated rings. The second kappa shape index (κ2) is 8.10. The van der Waals surface area contributed by atoms with Gasteiger partial charge < -0.3 is 9.47 Å². The number of carbonyl (C=O) groups excluding carboxylic acids is 1. The molecule has 0 spiro atoms. The van der Waals surface area contributed by atoms with Crippen molar-refractivity contribution < 1.29 is 4.79 Å². The van der Waals surface area contributed by atoms with Crippen LogP contribution in [0.2, 0.25) is 0 Å². The lowest BCUT2D eigenvalue weighted by atomic mass is 9.95. The van der Waals surface area contributed by atoms with Crippen LogP contribution < -0.4 is 10.4 Å². The van der Waals surface area contributed by atoms with Crippen molar-refractivity contribution in [2.45, 2.75) is 44.7 Å². The number of fused-ring (bicyclic) bond motifs is 1. The summed E-state index contributed by atoms with van der Waals surface area (Å²) >= 11 is 0. The molecule has 1 aliphatic carbocycles. The first-order valence-electron chi connectivity index (χ1n) is 8.90. The molecule has 1 N–H and O–H groups in total. The number of amides is 1. The minimum atomic E-state index is 0.0765. The van der Waals surface area contributed by atoms with E-state index in [2.05, 4.69) is 25.3 Å². The van der Waals surface area contributed by atoms with Gasteiger partial charge in [-0.25, -0.2) is 4.98 Å². The van der Waals surface area contributed by atoms with E-state index in [9.17, 15) is 10.1 Å². The first-order chi connectivity index (χ1) is 12.6. The van der Waals surface area contributed by atoms with Crippen LogP contribution in [0.3, 0.4) is 0 Å². The van der Waals surface area contributed by atoms with Crippen LogP contribution >= 0.6 is 0 Å². The third-order valence-corrected chi connectivity index (χ3v) is 4.69. The van der Waals surface area contributed by atoms with E-state index in [4.69, 9.17) is 0 Å². The zero-order chi connectivity index (χ0) is 18.5. The second-order valence-corrected chi connectivity index (χ2v) is 6.80. The number of nitrogens with zero attached hydrogens (tertiary/aromatic N) is 7. The number of hydrogen-bond acceptors (Lipinski definition) is 7. The fraction of sp³-hybridized carbons (Fsp3) is 0.588. The van der Waals surface area contributed by atoms with Crippen molar-refractivity contribution in [3.63, 3.8) is 0 Å². The Morgan fingerprint density at radius 3 is 2.77 bits per heavy atom. The number of likely N-dealkylation sites (N-methyl/N-ethyl adjacent to an activating group) is 1. The molecule has 2 aromatic heterocycles. The number of carbonyl (C=O) groups is 1. The Balaban J connectivity index is 2.04. The van der Waals surface area contributed by atoms with Gasteiger partial charge in [-0.2, -0.15) is 15.2 Å². The van der Waals surface area contributed by atoms with Crippen molar-refractivity contribution in [1.29, 1.82) is 5.26 Å². The normalized spacial score (nSPS) is 15.2. The summed E-state index contributed by atoms with van der Waals surface area (Å²) in [6, 6.07) is 2.17. The van der Waals surface area contributed by atoms with E-state index in [1.54, 1.807) is 11.3 Å². The molecule has 1 saturated carbocycles. The third kappa shape index (κ3) is 3.75. The zero-order valence-electron chi connectivity index (χ0n) is 15.2. The fourth-order valence-electron chi connectivity index (χ4n) is 3.35. The van der Waals surface area contributed by atoms with Crippen molar-refractivity contribution in [1.82, 2.24) is 29.8 Å². The largest absolute Gasteiger partial charge is 0.314 e. The number of imidazole rings is 1. The van der Waals surface area contributed by atoms with E-state index in [1.807, 2.05) is 24.7 Å². The zero-order valence-corrected chi connectivity index (χ0v) is 15.2. The predicted molar refractivity (Wildman–Crippen MR) is 97.1 cm³/mol. The lowest BCUT2D eigenvalue weighted by molar-refractivity contribution is -0.109. The maximum atomic E-state index is 11.2. The summed E-state index contributed by atoms with van der Waals surface area (Å²) in [5, 5.41) is 11.1. The minimum absolute atomic E-state index is 0.0765. The number of aromatic nitrogens is 4. The molecule has 0 aliphatic heterocycles. The number of hydrogen-bond donors (Lipinski definition) is 1. The molecule has 0 saturated heterocycles. The summed E-state index contributed by atoms with van der Waals surface area (Å²) in [6.45, 7) is 1.53. The van der Waals surface area contributed by atoms with E-state index in [0.29, 0.717) is 29.9 Å². The molecule has 26 heavy (non-hydrogen) atoms. The van der Waals surface area contributed by atoms with Crippen LogP contribution in [0.5, 0.6) is 0 Å². The highest BCUT2D eigenvalue weighted by molar-refractivity contribution is 5.84. The van der Waals surface area contributed by atoms with Gasteiger partial charge in [-0.3, -0.25) is 15.2 Å². The molecule has 138 valence electrons. The van der Waals surface area contributed by atoms with Crippen molar-refractivity contribution in [3.05, 3.63) is 12.2 Å². The second-order valence-electron chi connectivity index (χ2n) is 6.80. The Morgan fingerprint density at radius 2 is 2.12 bits per heavy atom. The minimum Gasteiger partial charge on any atom is -0.314 e. The Hall–Kier alpha value is -2.73. The molecule has 3 rings (SSSR count). The average molecular weight is 356 g/mol. The van der Waals surface area contributed by atoms with Crippen molar-refractivity contribution >= 4 is 23.4 Å². The van der Waals surface area contributed by atoms with Crippen LogP contribution in [0.25, 0.3) is 11.2 Å². The number of hydrazine groups is 1. The van der Waals surface area contributed by atoms with Crippen LogP contribution in [0, 0.1) is 11.3 Å². The first kappa shape index (κ1) is 18.1. The standard InChI is InChI=1S/C17H24N8O/c1-23(2)8-9-24-11-19-15-16(24)21-14(10-18)22-17(15)25(20-12-26)13-6-4-3-5-7-13/h11-13H,3-9H2,1-2H3,(H,20,26). The van der Waals surface area contributed by atoms with Gasteiger partial charge in [0.2, 0.25) is 12.2 Å². The van der Waals surface area contributed by atoms with Crippen molar-refractivity contribution in [3.8, 4) is 6.07 Å². The molecule has 9 nitrogen and oxygen atoms in total. The molecule has 1 aliphatic rings. The molecular formula is C17H24N8O. The molecular weight excluding hydrogens is 332 g/mol. The Bertz CT molecular complexity index is 803. The van der Waals surface area contributed by atoms with Crippen LogP contribution in [-0.2, 0) is 11.3 Å².